The van der Waals surface area contributed by atoms with Crippen molar-refractivity contribution in [2.75, 3.05) is 6.61 Å². The van der Waals surface area contributed by atoms with Crippen LogP contribution in [-0.4, -0.2) is 23.6 Å². The predicted molar refractivity (Wildman–Crippen MR) is 73.5 cm³/mol. The van der Waals surface area contributed by atoms with Crippen molar-refractivity contribution in [2.24, 2.45) is 5.92 Å². The summed E-state index contributed by atoms with van der Waals surface area (Å²) in [5.74, 6) is 0.484. The van der Waals surface area contributed by atoms with Crippen LogP contribution in [0, 0.1) is 5.92 Å². The Morgan fingerprint density at radius 2 is 2.32 bits per heavy atom. The number of hydrogen-bond donors (Lipinski definition) is 1. The van der Waals surface area contributed by atoms with E-state index in [0.29, 0.717) is 12.3 Å². The fraction of sp³-hybridized carbons (Fsp3) is 0.600. The van der Waals surface area contributed by atoms with Gasteiger partial charge in [-0.15, -0.1) is 0 Å². The Morgan fingerprint density at radius 1 is 1.53 bits per heavy atom. The van der Waals surface area contributed by atoms with Gasteiger partial charge in [-0.1, -0.05) is 13.0 Å². The third-order valence-electron chi connectivity index (χ3n) is 3.68. The standard InChI is InChI=1S/C15H22N2O2/c1-11-7-9-19-12(11)10-14(18)17-15(2,3)13-6-4-5-8-16-13/h4-6,8,11-12H,7,9-10H2,1-3H3,(H,17,18)/t11?,12-/m0/s1. The Balaban J connectivity index is 1.94. The average Bonchev–Trinajstić information content (AvgIpc) is 2.75. The highest BCUT2D eigenvalue weighted by Crippen LogP contribution is 2.23. The molecule has 1 fully saturated rings. The van der Waals surface area contributed by atoms with E-state index in [9.17, 15) is 4.79 Å². The molecule has 0 bridgehead atoms. The molecule has 1 N–H and O–H groups in total. The van der Waals surface area contributed by atoms with E-state index >= 15 is 0 Å². The smallest absolute Gasteiger partial charge is 0.223 e. The minimum atomic E-state index is -0.458. The highest BCUT2D eigenvalue weighted by atomic mass is 16.5. The number of carbonyl (C=O) groups excluding carboxylic acids is 1. The Labute approximate surface area is 114 Å². The minimum absolute atomic E-state index is 0.0226. The Hall–Kier alpha value is -1.42. The van der Waals surface area contributed by atoms with Gasteiger partial charge in [0, 0.05) is 12.8 Å². The molecule has 1 saturated heterocycles. The van der Waals surface area contributed by atoms with Crippen LogP contribution >= 0.6 is 0 Å². The third kappa shape index (κ3) is 3.53. The van der Waals surface area contributed by atoms with Crippen molar-refractivity contribution in [1.29, 1.82) is 0 Å². The van der Waals surface area contributed by atoms with E-state index in [2.05, 4.69) is 17.2 Å². The maximum Gasteiger partial charge on any atom is 0.223 e. The molecule has 4 heteroatoms. The average molecular weight is 262 g/mol. The first-order chi connectivity index (χ1) is 8.99. The van der Waals surface area contributed by atoms with Crippen LogP contribution in [0.1, 0.15) is 39.3 Å². The van der Waals surface area contributed by atoms with Crippen LogP contribution in [0.15, 0.2) is 24.4 Å². The normalized spacial score (nSPS) is 23.3. The van der Waals surface area contributed by atoms with Gasteiger partial charge >= 0.3 is 0 Å². The number of aromatic nitrogens is 1. The first kappa shape index (κ1) is 14.0. The number of nitrogens with one attached hydrogen (secondary N) is 1. The maximum atomic E-state index is 12.1. The van der Waals surface area contributed by atoms with E-state index in [1.54, 1.807) is 6.20 Å². The Bertz CT molecular complexity index is 431. The summed E-state index contributed by atoms with van der Waals surface area (Å²) in [6.45, 7) is 6.83. The number of rotatable bonds is 4. The van der Waals surface area contributed by atoms with E-state index < -0.39 is 5.54 Å². The van der Waals surface area contributed by atoms with Crippen LogP contribution in [0.2, 0.25) is 0 Å². The fourth-order valence-corrected chi connectivity index (χ4v) is 2.39. The van der Waals surface area contributed by atoms with E-state index in [1.807, 2.05) is 32.0 Å². The van der Waals surface area contributed by atoms with Crippen molar-refractivity contribution in [3.63, 3.8) is 0 Å². The molecule has 0 aromatic carbocycles. The van der Waals surface area contributed by atoms with Crippen molar-refractivity contribution in [3.05, 3.63) is 30.1 Å². The topological polar surface area (TPSA) is 51.2 Å². The van der Waals surface area contributed by atoms with Crippen molar-refractivity contribution in [2.45, 2.75) is 45.3 Å². The SMILES string of the molecule is CC1CCO[C@H]1CC(=O)NC(C)(C)c1ccccn1. The molecule has 0 saturated carbocycles. The molecular formula is C15H22N2O2. The number of nitrogens with zero attached hydrogens (tertiary/aromatic N) is 1. The van der Waals surface area contributed by atoms with Gasteiger partial charge in [0.15, 0.2) is 0 Å². The van der Waals surface area contributed by atoms with Gasteiger partial charge < -0.3 is 10.1 Å². The second-order valence-corrected chi connectivity index (χ2v) is 5.77. The van der Waals surface area contributed by atoms with Gasteiger partial charge in [0.1, 0.15) is 0 Å². The second kappa shape index (κ2) is 5.70. The molecule has 1 aromatic rings. The molecule has 1 amide bonds. The minimum Gasteiger partial charge on any atom is -0.377 e. The number of pyridine rings is 1. The molecule has 1 unspecified atom stereocenters. The summed E-state index contributed by atoms with van der Waals surface area (Å²) in [4.78, 5) is 16.4. The number of amides is 1. The second-order valence-electron chi connectivity index (χ2n) is 5.77. The lowest BCUT2D eigenvalue weighted by atomic mass is 9.97. The quantitative estimate of drug-likeness (QED) is 0.905. The molecule has 0 aliphatic carbocycles. The molecule has 19 heavy (non-hydrogen) atoms. The molecular weight excluding hydrogens is 240 g/mol. The van der Waals surface area contributed by atoms with Gasteiger partial charge in [-0.2, -0.15) is 0 Å². The fourth-order valence-electron chi connectivity index (χ4n) is 2.39. The lowest BCUT2D eigenvalue weighted by Gasteiger charge is -2.26. The van der Waals surface area contributed by atoms with Crippen molar-refractivity contribution in [1.82, 2.24) is 10.3 Å². The Morgan fingerprint density at radius 3 is 2.89 bits per heavy atom. The molecule has 104 valence electrons. The van der Waals surface area contributed by atoms with Crippen LogP contribution in [-0.2, 0) is 15.1 Å². The first-order valence-electron chi connectivity index (χ1n) is 6.83. The number of carbonyl (C=O) groups is 1. The summed E-state index contributed by atoms with van der Waals surface area (Å²) >= 11 is 0. The zero-order chi connectivity index (χ0) is 13.9. The van der Waals surface area contributed by atoms with Gasteiger partial charge in [0.25, 0.3) is 0 Å². The van der Waals surface area contributed by atoms with Crippen LogP contribution in [0.4, 0.5) is 0 Å². The maximum absolute atomic E-state index is 12.1. The molecule has 2 rings (SSSR count). The molecule has 1 aliphatic heterocycles. The van der Waals surface area contributed by atoms with Gasteiger partial charge in [-0.25, -0.2) is 0 Å². The Kier molecular flexibility index (Phi) is 4.20. The summed E-state index contributed by atoms with van der Waals surface area (Å²) in [5, 5.41) is 3.04. The molecule has 4 nitrogen and oxygen atoms in total. The van der Waals surface area contributed by atoms with E-state index in [0.717, 1.165) is 18.7 Å². The molecule has 2 heterocycles. The van der Waals surface area contributed by atoms with Crippen LogP contribution in [0.3, 0.4) is 0 Å². The monoisotopic (exact) mass is 262 g/mol. The highest BCUT2D eigenvalue weighted by Gasteiger charge is 2.29. The van der Waals surface area contributed by atoms with Crippen LogP contribution in [0.25, 0.3) is 0 Å². The lowest BCUT2D eigenvalue weighted by molar-refractivity contribution is -0.125. The summed E-state index contributed by atoms with van der Waals surface area (Å²) in [5.41, 5.74) is 0.406. The molecule has 1 aliphatic rings. The van der Waals surface area contributed by atoms with Crippen molar-refractivity contribution in [3.8, 4) is 0 Å². The van der Waals surface area contributed by atoms with E-state index in [1.165, 1.54) is 0 Å². The van der Waals surface area contributed by atoms with Gasteiger partial charge in [-0.3, -0.25) is 9.78 Å². The third-order valence-corrected chi connectivity index (χ3v) is 3.68. The first-order valence-corrected chi connectivity index (χ1v) is 6.83. The van der Waals surface area contributed by atoms with Crippen molar-refractivity contribution < 1.29 is 9.53 Å². The van der Waals surface area contributed by atoms with Gasteiger partial charge in [0.2, 0.25) is 5.91 Å². The molecule has 1 aromatic heterocycles. The number of hydrogen-bond acceptors (Lipinski definition) is 3. The van der Waals surface area contributed by atoms with Crippen LogP contribution in [0.5, 0.6) is 0 Å². The molecule has 0 spiro atoms. The summed E-state index contributed by atoms with van der Waals surface area (Å²) in [6.07, 6.45) is 3.27. The van der Waals surface area contributed by atoms with Crippen molar-refractivity contribution >= 4 is 5.91 Å². The van der Waals surface area contributed by atoms with Crippen LogP contribution < -0.4 is 5.32 Å². The van der Waals surface area contributed by atoms with E-state index in [-0.39, 0.29) is 12.0 Å². The summed E-state index contributed by atoms with van der Waals surface area (Å²) in [7, 11) is 0. The van der Waals surface area contributed by atoms with E-state index in [4.69, 9.17) is 4.74 Å². The highest BCUT2D eigenvalue weighted by molar-refractivity contribution is 5.77. The largest absolute Gasteiger partial charge is 0.377 e. The summed E-state index contributed by atoms with van der Waals surface area (Å²) < 4.78 is 5.58. The zero-order valence-electron chi connectivity index (χ0n) is 11.8. The zero-order valence-corrected chi connectivity index (χ0v) is 11.8. The summed E-state index contributed by atoms with van der Waals surface area (Å²) in [6, 6.07) is 5.73. The van der Waals surface area contributed by atoms with Gasteiger partial charge in [0.05, 0.1) is 23.8 Å². The predicted octanol–water partition coefficient (Wildman–Crippen LogP) is 2.25. The molecule has 2 atom stereocenters. The van der Waals surface area contributed by atoms with Gasteiger partial charge in [-0.05, 0) is 38.3 Å². The molecule has 0 radical (unpaired) electrons. The number of ether oxygens (including phenoxy) is 1. The lowest BCUT2D eigenvalue weighted by Crippen LogP contribution is -2.43.